The second-order valence-corrected chi connectivity index (χ2v) is 18.1. The third-order valence-electron chi connectivity index (χ3n) is 13.3. The van der Waals surface area contributed by atoms with Gasteiger partial charge in [-0.2, -0.15) is 0 Å². The van der Waals surface area contributed by atoms with E-state index in [1.165, 1.54) is 24.5 Å². The summed E-state index contributed by atoms with van der Waals surface area (Å²) in [7, 11) is 0. The highest BCUT2D eigenvalue weighted by Gasteiger charge is 2.45. The van der Waals surface area contributed by atoms with E-state index in [-0.39, 0.29) is 74.4 Å². The number of carbonyl (C=O) groups excluding carboxylic acids is 4. The van der Waals surface area contributed by atoms with Gasteiger partial charge >= 0.3 is 0 Å². The largest absolute Gasteiger partial charge is 0.491 e. The van der Waals surface area contributed by atoms with E-state index in [9.17, 15) is 33.1 Å². The van der Waals surface area contributed by atoms with Crippen LogP contribution >= 0.6 is 0 Å². The molecule has 71 heavy (non-hydrogen) atoms. The van der Waals surface area contributed by atoms with Crippen LogP contribution in [0.25, 0.3) is 22.4 Å². The minimum Gasteiger partial charge on any atom is -0.491 e. The van der Waals surface area contributed by atoms with Crippen molar-refractivity contribution in [2.24, 2.45) is 5.73 Å². The molecule has 4 aliphatic heterocycles. The van der Waals surface area contributed by atoms with Crippen LogP contribution in [0, 0.1) is 5.82 Å². The number of ether oxygens (including phenoxy) is 4. The first-order valence-corrected chi connectivity index (χ1v) is 23.5. The van der Waals surface area contributed by atoms with Gasteiger partial charge in [0.05, 0.1) is 73.5 Å². The number of aliphatic hydroxyl groups excluding tert-OH is 1. The lowest BCUT2D eigenvalue weighted by Crippen LogP contribution is -2.63. The highest BCUT2D eigenvalue weighted by Crippen LogP contribution is 2.35. The number of hydrogen-bond donors (Lipinski definition) is 4. The Morgan fingerprint density at radius 2 is 1.66 bits per heavy atom. The van der Waals surface area contributed by atoms with E-state index in [1.807, 2.05) is 4.90 Å². The Labute approximate surface area is 405 Å². The topological polar surface area (TPSA) is 256 Å². The number of nitrogens with zero attached hydrogens (tertiary/aromatic N) is 8. The van der Waals surface area contributed by atoms with E-state index in [1.54, 1.807) is 41.4 Å². The highest BCUT2D eigenvalue weighted by molar-refractivity contribution is 6.23. The maximum absolute atomic E-state index is 15.8. The van der Waals surface area contributed by atoms with Crippen molar-refractivity contribution >= 4 is 46.3 Å². The number of anilines is 2. The summed E-state index contributed by atoms with van der Waals surface area (Å²) in [4.78, 5) is 72.3. The molecule has 6 N–H and O–H groups in total. The second-order valence-electron chi connectivity index (χ2n) is 18.1. The lowest BCUT2D eigenvalue weighted by atomic mass is 9.84. The number of pyridine rings is 1. The number of likely N-dealkylation sites (tertiary alicyclic amines) is 1. The van der Waals surface area contributed by atoms with Crippen LogP contribution in [-0.2, 0) is 25.6 Å². The number of nitrogens with one attached hydrogen (secondary N) is 1. The summed E-state index contributed by atoms with van der Waals surface area (Å²) in [5.74, 6) is -2.14. The zero-order valence-electron chi connectivity index (χ0n) is 38.7. The van der Waals surface area contributed by atoms with Crippen molar-refractivity contribution in [2.75, 3.05) is 76.4 Å². The van der Waals surface area contributed by atoms with Crippen LogP contribution in [0.3, 0.4) is 0 Å². The molecule has 3 fully saturated rings. The number of imide groups is 2. The van der Waals surface area contributed by atoms with Crippen molar-refractivity contribution in [3.63, 3.8) is 0 Å². The molecule has 3 atom stereocenters. The fourth-order valence-electron chi connectivity index (χ4n) is 9.53. The van der Waals surface area contributed by atoms with E-state index in [0.717, 1.165) is 18.0 Å². The zero-order chi connectivity index (χ0) is 49.8. The van der Waals surface area contributed by atoms with E-state index >= 15 is 4.39 Å². The molecule has 4 amide bonds. The van der Waals surface area contributed by atoms with Crippen molar-refractivity contribution in [3.05, 3.63) is 83.8 Å². The van der Waals surface area contributed by atoms with Crippen LogP contribution in [-0.4, -0.2) is 159 Å². The van der Waals surface area contributed by atoms with Crippen LogP contribution < -0.4 is 31.2 Å². The van der Waals surface area contributed by atoms with E-state index < -0.39 is 53.6 Å². The summed E-state index contributed by atoms with van der Waals surface area (Å²) in [6.45, 7) is 4.50. The van der Waals surface area contributed by atoms with Gasteiger partial charge in [-0.25, -0.2) is 28.1 Å². The van der Waals surface area contributed by atoms with Gasteiger partial charge in [-0.05, 0) is 80.1 Å². The lowest BCUT2D eigenvalue weighted by Gasteiger charge is -2.44. The molecule has 3 saturated heterocycles. The lowest BCUT2D eigenvalue weighted by molar-refractivity contribution is -0.136. The molecule has 23 heteroatoms. The maximum Gasteiger partial charge on any atom is 0.265 e. The minimum absolute atomic E-state index is 0.0361. The predicted molar refractivity (Wildman–Crippen MR) is 249 cm³/mol. The van der Waals surface area contributed by atoms with Crippen LogP contribution in [0.5, 0.6) is 11.5 Å². The first kappa shape index (κ1) is 49.2. The third-order valence-corrected chi connectivity index (χ3v) is 13.3. The normalized spacial score (nSPS) is 20.5. The number of carbonyl (C=O) groups is 4. The number of rotatable bonds is 19. The summed E-state index contributed by atoms with van der Waals surface area (Å²) in [6, 6.07) is 9.99. The molecule has 9 rings (SSSR count). The molecule has 2 aromatic carbocycles. The van der Waals surface area contributed by atoms with E-state index in [0.29, 0.717) is 91.6 Å². The molecule has 0 bridgehead atoms. The fraction of sp³-hybridized carbons (Fsp3) is 0.458. The number of aromatic nitrogens is 5. The first-order chi connectivity index (χ1) is 34.3. The molecule has 20 nitrogen and oxygen atoms in total. The number of halogens is 3. The molecule has 4 aliphatic rings. The van der Waals surface area contributed by atoms with Gasteiger partial charge in [0.1, 0.15) is 42.5 Å². The van der Waals surface area contributed by atoms with Crippen LogP contribution in [0.15, 0.2) is 61.3 Å². The van der Waals surface area contributed by atoms with Gasteiger partial charge in [0.25, 0.3) is 18.2 Å². The van der Waals surface area contributed by atoms with Crippen molar-refractivity contribution < 1.29 is 56.4 Å². The predicted octanol–water partition coefficient (Wildman–Crippen LogP) is 2.94. The number of benzene rings is 2. The van der Waals surface area contributed by atoms with E-state index in [4.69, 9.17) is 30.4 Å². The number of piperidine rings is 3. The van der Waals surface area contributed by atoms with Gasteiger partial charge in [-0.1, -0.05) is 0 Å². The van der Waals surface area contributed by atoms with Crippen molar-refractivity contribution in [1.29, 1.82) is 0 Å². The van der Waals surface area contributed by atoms with E-state index in [2.05, 4.69) is 30.2 Å². The smallest absolute Gasteiger partial charge is 0.265 e. The highest BCUT2D eigenvalue weighted by atomic mass is 19.3. The number of imidazole rings is 1. The molecule has 5 aromatic rings. The number of aliphatic hydroxyl groups is 1. The van der Waals surface area contributed by atoms with Gasteiger partial charge in [-0.3, -0.25) is 34.4 Å². The summed E-state index contributed by atoms with van der Waals surface area (Å²) >= 11 is 0. The second kappa shape index (κ2) is 21.3. The SMILES string of the molecule is Nc1ncnc2c1ncn2Cc1cc(-c2ccc(OC3CCN(CCOCCOCCOc4ccc5c(c4)C(=O)N(C4CCC(=O)NC4=O)C5=O)CC3)c(F)c2)ncc1N1CCC[C@](N)([C@H](O)C(F)F)C1. The summed E-state index contributed by atoms with van der Waals surface area (Å²) in [5, 5.41) is 12.5. The maximum atomic E-state index is 15.8. The minimum atomic E-state index is -3.01. The number of hydrogen-bond acceptors (Lipinski definition) is 17. The number of fused-ring (bicyclic) bond motifs is 2. The summed E-state index contributed by atoms with van der Waals surface area (Å²) in [6.07, 6.45) is 1.50. The standard InChI is InChI=1S/C48H54F3N11O9/c49-34-20-28(35-21-29(24-61-27-57-40-43(52)55-26-56-44(40)61)37(23-54-35)60-11-1-10-48(53,25-60)41(64)42(50)51)2-6-38(34)71-30-8-12-59(13-9-30)14-15-68-16-17-69-18-19-70-31-3-4-32-33(22-31)47(67)62(46(32)66)36-5-7-39(63)58-45(36)65/h2-4,6,20-23,26-27,30,36,41-42,64H,1,5,7-19,24-25,53H2,(H2,52,55,56)(H,58,63,65)/t36?,41-,48-/m1/s1. The van der Waals surface area contributed by atoms with Gasteiger partial charge in [0.2, 0.25) is 11.8 Å². The van der Waals surface area contributed by atoms with Crippen LogP contribution in [0.2, 0.25) is 0 Å². The molecule has 0 radical (unpaired) electrons. The van der Waals surface area contributed by atoms with Gasteiger partial charge in [0.15, 0.2) is 23.0 Å². The molecule has 376 valence electrons. The van der Waals surface area contributed by atoms with Crippen molar-refractivity contribution in [3.8, 4) is 22.8 Å². The molecule has 1 unspecified atom stereocenters. The summed E-state index contributed by atoms with van der Waals surface area (Å²) in [5.41, 5.74) is 14.4. The molecule has 0 spiro atoms. The number of alkyl halides is 2. The average molecular weight is 986 g/mol. The molecule has 7 heterocycles. The third kappa shape index (κ3) is 10.8. The Bertz CT molecular complexity index is 2790. The Morgan fingerprint density at radius 3 is 2.44 bits per heavy atom. The van der Waals surface area contributed by atoms with Crippen LogP contribution in [0.1, 0.15) is 64.8 Å². The molecule has 0 aliphatic carbocycles. The molecular weight excluding hydrogens is 932 g/mol. The Morgan fingerprint density at radius 1 is 0.887 bits per heavy atom. The number of amides is 4. The Kier molecular flexibility index (Phi) is 14.7. The van der Waals surface area contributed by atoms with Gasteiger partial charge in [-0.15, -0.1) is 0 Å². The van der Waals surface area contributed by atoms with Crippen molar-refractivity contribution in [2.45, 2.75) is 75.3 Å². The molecule has 0 saturated carbocycles. The van der Waals surface area contributed by atoms with Gasteiger partial charge < -0.3 is 49.9 Å². The zero-order valence-corrected chi connectivity index (χ0v) is 38.7. The quantitative estimate of drug-likeness (QED) is 0.0685. The first-order valence-electron chi connectivity index (χ1n) is 23.5. The molecular formula is C48H54F3N11O9. The fourth-order valence-corrected chi connectivity index (χ4v) is 9.53. The van der Waals surface area contributed by atoms with Crippen LogP contribution in [0.4, 0.5) is 24.7 Å². The number of nitrogens with two attached hydrogens (primary N) is 2. The summed E-state index contributed by atoms with van der Waals surface area (Å²) < 4.78 is 68.2. The molecule has 3 aromatic heterocycles. The Hall–Kier alpha value is -6.79. The average Bonchev–Trinajstić information content (AvgIpc) is 3.88. The number of nitrogen functional groups attached to an aromatic ring is 1. The van der Waals surface area contributed by atoms with Crippen molar-refractivity contribution in [1.82, 2.24) is 39.6 Å². The monoisotopic (exact) mass is 985 g/mol. The van der Waals surface area contributed by atoms with Gasteiger partial charge in [0, 0.05) is 44.7 Å². The Balaban J connectivity index is 0.715.